The van der Waals surface area contributed by atoms with Gasteiger partial charge in [0.05, 0.1) is 6.42 Å². The first-order chi connectivity index (χ1) is 11.1. The van der Waals surface area contributed by atoms with Gasteiger partial charge in [-0.3, -0.25) is 4.79 Å². The van der Waals surface area contributed by atoms with Crippen LogP contribution >= 0.6 is 0 Å². The molecule has 0 aromatic heterocycles. The first-order valence-electron chi connectivity index (χ1n) is 8.55. The zero-order valence-electron chi connectivity index (χ0n) is 13.4. The molecule has 1 unspecified atom stereocenters. The molecule has 2 heterocycles. The second-order valence-electron chi connectivity index (χ2n) is 6.81. The number of piperidine rings is 1. The van der Waals surface area contributed by atoms with Crippen molar-refractivity contribution in [3.8, 4) is 0 Å². The van der Waals surface area contributed by atoms with E-state index in [4.69, 9.17) is 0 Å². The van der Waals surface area contributed by atoms with Crippen molar-refractivity contribution in [1.82, 2.24) is 9.80 Å². The normalized spacial score (nSPS) is 22.5. The molecule has 0 bridgehead atoms. The summed E-state index contributed by atoms with van der Waals surface area (Å²) in [6, 6.07) is 3.32. The average Bonchev–Trinajstić information content (AvgIpc) is 2.99. The molecule has 5 heteroatoms. The fourth-order valence-corrected chi connectivity index (χ4v) is 3.77. The van der Waals surface area contributed by atoms with Crippen molar-refractivity contribution in [2.45, 2.75) is 32.1 Å². The van der Waals surface area contributed by atoms with Crippen molar-refractivity contribution < 1.29 is 13.6 Å². The van der Waals surface area contributed by atoms with E-state index in [-0.39, 0.29) is 12.3 Å². The third kappa shape index (κ3) is 4.50. The van der Waals surface area contributed by atoms with Crippen LogP contribution in [0.3, 0.4) is 0 Å². The summed E-state index contributed by atoms with van der Waals surface area (Å²) in [7, 11) is 0. The van der Waals surface area contributed by atoms with Crippen LogP contribution in [0.25, 0.3) is 0 Å². The Hall–Kier alpha value is -1.49. The van der Waals surface area contributed by atoms with Crippen LogP contribution in [0.15, 0.2) is 18.2 Å². The van der Waals surface area contributed by atoms with Gasteiger partial charge >= 0.3 is 0 Å². The average molecular weight is 322 g/mol. The molecule has 0 saturated carbocycles. The lowest BCUT2D eigenvalue weighted by Crippen LogP contribution is -2.44. The molecular weight excluding hydrogens is 298 g/mol. The Balaban J connectivity index is 1.55. The number of nitrogens with zero attached hydrogens (tertiary/aromatic N) is 2. The SMILES string of the molecule is O=C(Cc1cc(F)cc(F)c1)N1CCCC(CN2CCCC2)C1. The predicted octanol–water partition coefficient (Wildman–Crippen LogP) is 2.84. The molecule has 0 spiro atoms. The fraction of sp³-hybridized carbons (Fsp3) is 0.611. The van der Waals surface area contributed by atoms with Crippen LogP contribution < -0.4 is 0 Å². The van der Waals surface area contributed by atoms with Gasteiger partial charge in [0.15, 0.2) is 0 Å². The second-order valence-corrected chi connectivity index (χ2v) is 6.81. The third-order valence-corrected chi connectivity index (χ3v) is 4.86. The number of carbonyl (C=O) groups excluding carboxylic acids is 1. The fourth-order valence-electron chi connectivity index (χ4n) is 3.77. The summed E-state index contributed by atoms with van der Waals surface area (Å²) in [6.07, 6.45) is 4.81. The first kappa shape index (κ1) is 16.4. The Morgan fingerprint density at radius 2 is 1.74 bits per heavy atom. The van der Waals surface area contributed by atoms with E-state index >= 15 is 0 Å². The molecule has 23 heavy (non-hydrogen) atoms. The number of rotatable bonds is 4. The van der Waals surface area contributed by atoms with Crippen molar-refractivity contribution in [2.24, 2.45) is 5.92 Å². The Labute approximate surface area is 136 Å². The van der Waals surface area contributed by atoms with Gasteiger partial charge in [-0.05, 0) is 62.4 Å². The van der Waals surface area contributed by atoms with Crippen LogP contribution in [0.5, 0.6) is 0 Å². The summed E-state index contributed by atoms with van der Waals surface area (Å²) in [5.74, 6) is -0.757. The highest BCUT2D eigenvalue weighted by Crippen LogP contribution is 2.21. The molecule has 0 N–H and O–H groups in total. The maximum absolute atomic E-state index is 13.2. The van der Waals surface area contributed by atoms with Crippen molar-refractivity contribution in [3.63, 3.8) is 0 Å². The number of hydrogen-bond donors (Lipinski definition) is 0. The first-order valence-corrected chi connectivity index (χ1v) is 8.55. The standard InChI is InChI=1S/C18H24F2N2O/c19-16-8-15(9-17(20)11-16)10-18(23)22-7-3-4-14(13-22)12-21-5-1-2-6-21/h8-9,11,14H,1-7,10,12-13H2. The van der Waals surface area contributed by atoms with Crippen LogP contribution in [0.4, 0.5) is 8.78 Å². The number of benzene rings is 1. The van der Waals surface area contributed by atoms with Gasteiger partial charge in [0, 0.05) is 25.7 Å². The highest BCUT2D eigenvalue weighted by molar-refractivity contribution is 5.78. The number of hydrogen-bond acceptors (Lipinski definition) is 2. The van der Waals surface area contributed by atoms with Gasteiger partial charge in [-0.2, -0.15) is 0 Å². The monoisotopic (exact) mass is 322 g/mol. The zero-order chi connectivity index (χ0) is 16.2. The highest BCUT2D eigenvalue weighted by atomic mass is 19.1. The lowest BCUT2D eigenvalue weighted by Gasteiger charge is -2.34. The highest BCUT2D eigenvalue weighted by Gasteiger charge is 2.26. The van der Waals surface area contributed by atoms with Gasteiger partial charge in [0.2, 0.25) is 5.91 Å². The Morgan fingerprint density at radius 3 is 2.43 bits per heavy atom. The van der Waals surface area contributed by atoms with Gasteiger partial charge in [0.25, 0.3) is 0 Å². The quantitative estimate of drug-likeness (QED) is 0.851. The van der Waals surface area contributed by atoms with Gasteiger partial charge in [-0.1, -0.05) is 0 Å². The molecule has 2 fully saturated rings. The summed E-state index contributed by atoms with van der Waals surface area (Å²) < 4.78 is 26.5. The third-order valence-electron chi connectivity index (χ3n) is 4.86. The summed E-state index contributed by atoms with van der Waals surface area (Å²) >= 11 is 0. The molecule has 1 atom stereocenters. The summed E-state index contributed by atoms with van der Waals surface area (Å²) in [4.78, 5) is 16.8. The second kappa shape index (κ2) is 7.39. The molecule has 1 amide bonds. The molecule has 1 aromatic carbocycles. The molecule has 3 rings (SSSR count). The number of halogens is 2. The largest absolute Gasteiger partial charge is 0.342 e. The Morgan fingerprint density at radius 1 is 1.04 bits per heavy atom. The molecule has 2 aliphatic rings. The minimum absolute atomic E-state index is 0.0267. The number of carbonyl (C=O) groups is 1. The minimum Gasteiger partial charge on any atom is -0.342 e. The predicted molar refractivity (Wildman–Crippen MR) is 85.0 cm³/mol. The van der Waals surface area contributed by atoms with E-state index in [2.05, 4.69) is 4.90 Å². The van der Waals surface area contributed by atoms with Gasteiger partial charge in [0.1, 0.15) is 11.6 Å². The van der Waals surface area contributed by atoms with Crippen LogP contribution in [0, 0.1) is 17.6 Å². The molecule has 1 aromatic rings. The number of likely N-dealkylation sites (tertiary alicyclic amines) is 2. The summed E-state index contributed by atoms with van der Waals surface area (Å²) in [6.45, 7) is 4.94. The van der Waals surface area contributed by atoms with E-state index in [0.717, 1.165) is 38.5 Å². The lowest BCUT2D eigenvalue weighted by atomic mass is 9.97. The molecule has 0 radical (unpaired) electrons. The van der Waals surface area contributed by atoms with Crippen LogP contribution in [0.2, 0.25) is 0 Å². The van der Waals surface area contributed by atoms with Crippen LogP contribution in [-0.2, 0) is 11.2 Å². The van der Waals surface area contributed by atoms with Crippen LogP contribution in [0.1, 0.15) is 31.2 Å². The summed E-state index contributed by atoms with van der Waals surface area (Å²) in [5.41, 5.74) is 0.411. The molecule has 2 aliphatic heterocycles. The van der Waals surface area contributed by atoms with Crippen molar-refractivity contribution in [1.29, 1.82) is 0 Å². The maximum atomic E-state index is 13.2. The molecule has 0 aliphatic carbocycles. The maximum Gasteiger partial charge on any atom is 0.227 e. The topological polar surface area (TPSA) is 23.6 Å². The van der Waals surface area contributed by atoms with Crippen LogP contribution in [-0.4, -0.2) is 48.4 Å². The van der Waals surface area contributed by atoms with Gasteiger partial charge in [-0.25, -0.2) is 8.78 Å². The van der Waals surface area contributed by atoms with Crippen molar-refractivity contribution in [3.05, 3.63) is 35.4 Å². The van der Waals surface area contributed by atoms with E-state index < -0.39 is 11.6 Å². The van der Waals surface area contributed by atoms with E-state index in [0.29, 0.717) is 11.5 Å². The molecule has 2 saturated heterocycles. The molecular formula is C18H24F2N2O. The van der Waals surface area contributed by atoms with E-state index in [1.807, 2.05) is 4.90 Å². The Bertz CT molecular complexity index is 538. The van der Waals surface area contributed by atoms with E-state index in [1.54, 1.807) is 0 Å². The van der Waals surface area contributed by atoms with E-state index in [1.165, 1.54) is 38.1 Å². The molecule has 3 nitrogen and oxygen atoms in total. The van der Waals surface area contributed by atoms with Crippen molar-refractivity contribution >= 4 is 5.91 Å². The molecule has 126 valence electrons. The number of amides is 1. The smallest absolute Gasteiger partial charge is 0.227 e. The summed E-state index contributed by atoms with van der Waals surface area (Å²) in [5, 5.41) is 0. The van der Waals surface area contributed by atoms with E-state index in [9.17, 15) is 13.6 Å². The zero-order valence-corrected chi connectivity index (χ0v) is 13.4. The lowest BCUT2D eigenvalue weighted by molar-refractivity contribution is -0.132. The minimum atomic E-state index is -0.627. The van der Waals surface area contributed by atoms with Gasteiger partial charge < -0.3 is 9.80 Å². The van der Waals surface area contributed by atoms with Gasteiger partial charge in [-0.15, -0.1) is 0 Å². The van der Waals surface area contributed by atoms with Crippen molar-refractivity contribution in [2.75, 3.05) is 32.7 Å². The Kier molecular flexibility index (Phi) is 5.26.